The molecule has 0 spiro atoms. The van der Waals surface area contributed by atoms with Crippen molar-refractivity contribution in [2.75, 3.05) is 27.3 Å². The Labute approximate surface area is 196 Å². The summed E-state index contributed by atoms with van der Waals surface area (Å²) >= 11 is 1.71. The van der Waals surface area contributed by atoms with Crippen LogP contribution in [0.4, 0.5) is 13.2 Å². The maximum atomic E-state index is 12.4. The highest BCUT2D eigenvalue weighted by Gasteiger charge is 2.29. The highest BCUT2D eigenvalue weighted by atomic mass is 127. The van der Waals surface area contributed by atoms with E-state index in [4.69, 9.17) is 9.47 Å². The fraction of sp³-hybridized carbons (Fsp3) is 0.450. The Morgan fingerprint density at radius 2 is 1.87 bits per heavy atom. The first-order chi connectivity index (χ1) is 13.6. The van der Waals surface area contributed by atoms with E-state index in [1.165, 1.54) is 18.1 Å². The molecule has 168 valence electrons. The molecule has 1 aromatic heterocycles. The van der Waals surface area contributed by atoms with E-state index >= 15 is 0 Å². The molecule has 1 aromatic carbocycles. The van der Waals surface area contributed by atoms with Gasteiger partial charge in [0.25, 0.3) is 0 Å². The molecule has 2 rings (SSSR count). The largest absolute Gasteiger partial charge is 0.493 e. The summed E-state index contributed by atoms with van der Waals surface area (Å²) in [4.78, 5) is 5.50. The van der Waals surface area contributed by atoms with Gasteiger partial charge in [-0.15, -0.1) is 35.3 Å². The first-order valence-electron chi connectivity index (χ1n) is 8.99. The van der Waals surface area contributed by atoms with Gasteiger partial charge in [0.05, 0.1) is 7.11 Å². The second-order valence-electron chi connectivity index (χ2n) is 7.03. The van der Waals surface area contributed by atoms with E-state index in [-0.39, 0.29) is 40.9 Å². The summed E-state index contributed by atoms with van der Waals surface area (Å²) in [7, 11) is 3.07. The molecule has 30 heavy (non-hydrogen) atoms. The number of ether oxygens (including phenoxy) is 2. The predicted octanol–water partition coefficient (Wildman–Crippen LogP) is 4.96. The van der Waals surface area contributed by atoms with E-state index in [0.29, 0.717) is 19.0 Å². The van der Waals surface area contributed by atoms with Gasteiger partial charge in [0.1, 0.15) is 0 Å². The third-order valence-corrected chi connectivity index (χ3v) is 5.42. The number of thiophene rings is 1. The van der Waals surface area contributed by atoms with E-state index < -0.39 is 12.8 Å². The Kier molecular flexibility index (Phi) is 10.2. The van der Waals surface area contributed by atoms with Crippen LogP contribution in [0.2, 0.25) is 0 Å². The van der Waals surface area contributed by atoms with Crippen molar-refractivity contribution in [3.05, 3.63) is 46.2 Å². The minimum Gasteiger partial charge on any atom is -0.493 e. The Balaban J connectivity index is 0.00000450. The number of rotatable bonds is 8. The van der Waals surface area contributed by atoms with E-state index in [0.717, 1.165) is 5.56 Å². The van der Waals surface area contributed by atoms with E-state index in [9.17, 15) is 13.2 Å². The molecule has 0 fully saturated rings. The van der Waals surface area contributed by atoms with Crippen LogP contribution in [0.15, 0.2) is 40.7 Å². The number of hydrogen-bond donors (Lipinski definition) is 2. The average molecular weight is 557 g/mol. The average Bonchev–Trinajstić information content (AvgIpc) is 3.22. The number of aliphatic imine (C=N–C) groups is 1. The Bertz CT molecular complexity index is 812. The van der Waals surface area contributed by atoms with Gasteiger partial charge in [-0.2, -0.15) is 13.2 Å². The molecule has 0 aliphatic carbocycles. The van der Waals surface area contributed by atoms with Crippen LogP contribution in [-0.2, 0) is 12.0 Å². The number of alkyl halides is 3. The smallest absolute Gasteiger partial charge is 0.422 e. The van der Waals surface area contributed by atoms with Crippen LogP contribution in [0.25, 0.3) is 0 Å². The third-order valence-electron chi connectivity index (χ3n) is 4.19. The van der Waals surface area contributed by atoms with E-state index in [1.807, 2.05) is 6.07 Å². The van der Waals surface area contributed by atoms with Crippen molar-refractivity contribution in [2.45, 2.75) is 32.0 Å². The van der Waals surface area contributed by atoms with Crippen LogP contribution < -0.4 is 20.1 Å². The number of halogens is 4. The van der Waals surface area contributed by atoms with Gasteiger partial charge in [0.2, 0.25) is 0 Å². The lowest BCUT2D eigenvalue weighted by Gasteiger charge is -2.25. The molecule has 0 bridgehead atoms. The lowest BCUT2D eigenvalue weighted by Crippen LogP contribution is -2.42. The van der Waals surface area contributed by atoms with Crippen LogP contribution in [0.1, 0.15) is 24.3 Å². The number of nitrogens with zero attached hydrogens (tertiary/aromatic N) is 1. The molecule has 10 heteroatoms. The molecule has 5 nitrogen and oxygen atoms in total. The van der Waals surface area contributed by atoms with Crippen molar-refractivity contribution in [2.24, 2.45) is 4.99 Å². The molecule has 2 N–H and O–H groups in total. The lowest BCUT2D eigenvalue weighted by atomic mass is 9.91. The molecule has 0 atom stereocenters. The van der Waals surface area contributed by atoms with Crippen molar-refractivity contribution >= 4 is 41.3 Å². The molecule has 0 amide bonds. The Morgan fingerprint density at radius 1 is 1.13 bits per heavy atom. The minimum atomic E-state index is -4.40. The summed E-state index contributed by atoms with van der Waals surface area (Å²) in [6, 6.07) is 8.94. The molecular weight excluding hydrogens is 530 g/mol. The first-order valence-corrected chi connectivity index (χ1v) is 9.87. The van der Waals surface area contributed by atoms with Crippen LogP contribution in [0.3, 0.4) is 0 Å². The molecular formula is C20H27F3IN3O2S. The topological polar surface area (TPSA) is 54.9 Å². The van der Waals surface area contributed by atoms with Gasteiger partial charge in [-0.25, -0.2) is 0 Å². The Hall–Kier alpha value is -1.69. The number of nitrogens with one attached hydrogen (secondary N) is 2. The molecule has 1 heterocycles. The molecule has 0 unspecified atom stereocenters. The fourth-order valence-electron chi connectivity index (χ4n) is 2.56. The molecule has 0 aliphatic rings. The van der Waals surface area contributed by atoms with Gasteiger partial charge in [0, 0.05) is 30.4 Å². The maximum Gasteiger partial charge on any atom is 0.422 e. The maximum absolute atomic E-state index is 12.4. The zero-order valence-corrected chi connectivity index (χ0v) is 20.4. The molecule has 2 aromatic rings. The van der Waals surface area contributed by atoms with Crippen LogP contribution in [0.5, 0.6) is 11.5 Å². The van der Waals surface area contributed by atoms with Crippen molar-refractivity contribution < 1.29 is 22.6 Å². The van der Waals surface area contributed by atoms with Gasteiger partial charge in [-0.05, 0) is 29.1 Å². The van der Waals surface area contributed by atoms with Crippen molar-refractivity contribution in [3.8, 4) is 11.5 Å². The van der Waals surface area contributed by atoms with Crippen LogP contribution in [0, 0.1) is 0 Å². The van der Waals surface area contributed by atoms with Crippen molar-refractivity contribution in [1.29, 1.82) is 0 Å². The number of guanidine groups is 1. The normalized spacial score (nSPS) is 12.2. The summed E-state index contributed by atoms with van der Waals surface area (Å²) in [5.41, 5.74) is 0.772. The van der Waals surface area contributed by atoms with E-state index in [2.05, 4.69) is 40.9 Å². The van der Waals surface area contributed by atoms with Gasteiger partial charge in [-0.3, -0.25) is 4.99 Å². The summed E-state index contributed by atoms with van der Waals surface area (Å²) in [6.07, 6.45) is -4.40. The van der Waals surface area contributed by atoms with Crippen LogP contribution in [-0.4, -0.2) is 39.4 Å². The summed E-state index contributed by atoms with van der Waals surface area (Å²) < 4.78 is 47.0. The quantitative estimate of drug-likeness (QED) is 0.274. The second kappa shape index (κ2) is 11.6. The molecule has 0 radical (unpaired) electrons. The monoisotopic (exact) mass is 557 g/mol. The highest BCUT2D eigenvalue weighted by molar-refractivity contribution is 14.0. The van der Waals surface area contributed by atoms with Gasteiger partial charge < -0.3 is 20.1 Å². The zero-order chi connectivity index (χ0) is 21.5. The highest BCUT2D eigenvalue weighted by Crippen LogP contribution is 2.30. The lowest BCUT2D eigenvalue weighted by molar-refractivity contribution is -0.153. The first kappa shape index (κ1) is 26.3. The molecule has 0 saturated heterocycles. The molecule has 0 saturated carbocycles. The standard InChI is InChI=1S/C20H26F3N3O2S.HI/c1-19(2,17-6-5-9-29-17)12-26-18(24-3)25-11-14-7-8-15(16(10-14)27-4)28-13-20(21,22)23;/h5-10H,11-13H2,1-4H3,(H2,24,25,26);1H. The SMILES string of the molecule is CN=C(NCc1ccc(OCC(F)(F)F)c(OC)c1)NCC(C)(C)c1cccs1.I. The van der Waals surface area contributed by atoms with Crippen molar-refractivity contribution in [1.82, 2.24) is 10.6 Å². The predicted molar refractivity (Wildman–Crippen MR) is 126 cm³/mol. The Morgan fingerprint density at radius 3 is 2.43 bits per heavy atom. The second-order valence-corrected chi connectivity index (χ2v) is 7.98. The summed E-state index contributed by atoms with van der Waals surface area (Å²) in [5.74, 6) is 0.926. The fourth-order valence-corrected chi connectivity index (χ4v) is 3.41. The number of methoxy groups -OCH3 is 1. The number of benzene rings is 1. The van der Waals surface area contributed by atoms with Crippen molar-refractivity contribution in [3.63, 3.8) is 0 Å². The van der Waals surface area contributed by atoms with Gasteiger partial charge >= 0.3 is 6.18 Å². The number of hydrogen-bond acceptors (Lipinski definition) is 4. The van der Waals surface area contributed by atoms with E-state index in [1.54, 1.807) is 30.5 Å². The third kappa shape index (κ3) is 8.21. The van der Waals surface area contributed by atoms with Gasteiger partial charge in [0.15, 0.2) is 24.1 Å². The molecule has 0 aliphatic heterocycles. The minimum absolute atomic E-state index is 0. The van der Waals surface area contributed by atoms with Gasteiger partial charge in [-0.1, -0.05) is 26.0 Å². The zero-order valence-electron chi connectivity index (χ0n) is 17.3. The summed E-state index contributed by atoms with van der Waals surface area (Å²) in [5, 5.41) is 8.56. The summed E-state index contributed by atoms with van der Waals surface area (Å²) in [6.45, 7) is 4.07. The van der Waals surface area contributed by atoms with Crippen LogP contribution >= 0.6 is 35.3 Å².